The number of benzene rings is 1. The van der Waals surface area contributed by atoms with Gasteiger partial charge in [0.2, 0.25) is 0 Å². The Balaban J connectivity index is 2.16. The van der Waals surface area contributed by atoms with Gasteiger partial charge in [-0.3, -0.25) is 0 Å². The Bertz CT molecular complexity index is 417. The number of halogens is 1. The molecule has 0 N–H and O–H groups in total. The van der Waals surface area contributed by atoms with Crippen LogP contribution in [0.5, 0.6) is 0 Å². The van der Waals surface area contributed by atoms with E-state index >= 15 is 0 Å². The van der Waals surface area contributed by atoms with Crippen LogP contribution in [0.1, 0.15) is 18.1 Å². The Morgan fingerprint density at radius 3 is 2.56 bits per heavy atom. The van der Waals surface area contributed by atoms with E-state index in [1.54, 1.807) is 0 Å². The predicted octanol–water partition coefficient (Wildman–Crippen LogP) is 3.12. The standard InChI is InChI=1S/C15H23ClN2/c1-11-7-14(6-5-13(11)8-16)18-9-12(2)15(10-18)17(3)4/h5-7,12,15H,8-10H2,1-4H3. The van der Waals surface area contributed by atoms with E-state index in [9.17, 15) is 0 Å². The van der Waals surface area contributed by atoms with Crippen LogP contribution >= 0.6 is 11.6 Å². The molecule has 1 aliphatic rings. The quantitative estimate of drug-likeness (QED) is 0.776. The van der Waals surface area contributed by atoms with Gasteiger partial charge in [-0.05, 0) is 50.2 Å². The first-order valence-corrected chi connectivity index (χ1v) is 7.13. The molecule has 1 saturated heterocycles. The fourth-order valence-electron chi connectivity index (χ4n) is 2.86. The molecule has 18 heavy (non-hydrogen) atoms. The Kier molecular flexibility index (Phi) is 4.18. The molecule has 2 nitrogen and oxygen atoms in total. The maximum Gasteiger partial charge on any atom is 0.0476 e. The Labute approximate surface area is 116 Å². The van der Waals surface area contributed by atoms with Crippen LogP contribution in [0.15, 0.2) is 18.2 Å². The summed E-state index contributed by atoms with van der Waals surface area (Å²) in [5.41, 5.74) is 3.86. The molecule has 1 aromatic rings. The third-order valence-electron chi connectivity index (χ3n) is 4.07. The molecule has 0 amide bonds. The first-order valence-electron chi connectivity index (χ1n) is 6.59. The summed E-state index contributed by atoms with van der Waals surface area (Å²) in [5.74, 6) is 1.32. The topological polar surface area (TPSA) is 6.48 Å². The first-order chi connectivity index (χ1) is 8.52. The van der Waals surface area contributed by atoms with Gasteiger partial charge in [0.05, 0.1) is 0 Å². The number of alkyl halides is 1. The summed E-state index contributed by atoms with van der Waals surface area (Å²) in [4.78, 5) is 4.82. The first kappa shape index (κ1) is 13.7. The number of hydrogen-bond acceptors (Lipinski definition) is 2. The summed E-state index contributed by atoms with van der Waals surface area (Å²) < 4.78 is 0. The molecule has 2 rings (SSSR count). The highest BCUT2D eigenvalue weighted by Gasteiger charge is 2.31. The molecule has 0 aliphatic carbocycles. The summed E-state index contributed by atoms with van der Waals surface area (Å²) in [6, 6.07) is 7.28. The van der Waals surface area contributed by atoms with E-state index in [1.807, 2.05) is 0 Å². The van der Waals surface area contributed by atoms with Crippen molar-refractivity contribution in [2.75, 3.05) is 32.1 Å². The molecule has 1 aliphatic heterocycles. The lowest BCUT2D eigenvalue weighted by Crippen LogP contribution is -2.34. The Hall–Kier alpha value is -0.730. The predicted molar refractivity (Wildman–Crippen MR) is 79.6 cm³/mol. The van der Waals surface area contributed by atoms with Crippen molar-refractivity contribution in [1.82, 2.24) is 4.90 Å². The summed E-state index contributed by atoms with van der Waals surface area (Å²) in [6.45, 7) is 6.74. The average molecular weight is 267 g/mol. The van der Waals surface area contributed by atoms with Crippen LogP contribution in [0.2, 0.25) is 0 Å². The Morgan fingerprint density at radius 1 is 1.33 bits per heavy atom. The molecule has 0 aromatic heterocycles. The van der Waals surface area contributed by atoms with E-state index in [2.05, 4.69) is 55.9 Å². The second-order valence-electron chi connectivity index (χ2n) is 5.66. The zero-order valence-corrected chi connectivity index (χ0v) is 12.5. The van der Waals surface area contributed by atoms with E-state index in [1.165, 1.54) is 16.8 Å². The van der Waals surface area contributed by atoms with Gasteiger partial charge in [-0.25, -0.2) is 0 Å². The van der Waals surface area contributed by atoms with E-state index in [0.717, 1.165) is 13.1 Å². The van der Waals surface area contributed by atoms with Crippen molar-refractivity contribution in [3.8, 4) is 0 Å². The van der Waals surface area contributed by atoms with Gasteiger partial charge < -0.3 is 9.80 Å². The highest BCUT2D eigenvalue weighted by Crippen LogP contribution is 2.27. The fraction of sp³-hybridized carbons (Fsp3) is 0.600. The number of anilines is 1. The molecule has 100 valence electrons. The van der Waals surface area contributed by atoms with E-state index < -0.39 is 0 Å². The van der Waals surface area contributed by atoms with Crippen LogP contribution in [0.4, 0.5) is 5.69 Å². The fourth-order valence-corrected chi connectivity index (χ4v) is 3.16. The molecule has 2 unspecified atom stereocenters. The molecular weight excluding hydrogens is 244 g/mol. The zero-order valence-electron chi connectivity index (χ0n) is 11.8. The highest BCUT2D eigenvalue weighted by molar-refractivity contribution is 6.17. The van der Waals surface area contributed by atoms with Crippen molar-refractivity contribution < 1.29 is 0 Å². The molecule has 0 radical (unpaired) electrons. The normalized spacial score (nSPS) is 24.0. The van der Waals surface area contributed by atoms with E-state index in [-0.39, 0.29) is 0 Å². The minimum absolute atomic E-state index is 0.600. The molecule has 1 fully saturated rings. The Morgan fingerprint density at radius 2 is 2.06 bits per heavy atom. The van der Waals surface area contributed by atoms with Crippen LogP contribution in [0.25, 0.3) is 0 Å². The molecule has 1 aromatic carbocycles. The van der Waals surface area contributed by atoms with Crippen LogP contribution in [-0.2, 0) is 5.88 Å². The SMILES string of the molecule is Cc1cc(N2CC(C)C(N(C)C)C2)ccc1CCl. The second kappa shape index (κ2) is 5.50. The maximum absolute atomic E-state index is 5.91. The maximum atomic E-state index is 5.91. The number of rotatable bonds is 3. The molecule has 0 saturated carbocycles. The second-order valence-corrected chi connectivity index (χ2v) is 5.92. The van der Waals surface area contributed by atoms with Gasteiger partial charge in [-0.1, -0.05) is 13.0 Å². The van der Waals surface area contributed by atoms with Crippen molar-refractivity contribution in [2.24, 2.45) is 5.92 Å². The van der Waals surface area contributed by atoms with E-state index in [4.69, 9.17) is 11.6 Å². The molecular formula is C15H23ClN2. The lowest BCUT2D eigenvalue weighted by atomic mass is 10.1. The smallest absolute Gasteiger partial charge is 0.0476 e. The highest BCUT2D eigenvalue weighted by atomic mass is 35.5. The van der Waals surface area contributed by atoms with Gasteiger partial charge in [0.1, 0.15) is 0 Å². The number of aryl methyl sites for hydroxylation is 1. The summed E-state index contributed by atoms with van der Waals surface area (Å²) in [5, 5.41) is 0. The van der Waals surface area contributed by atoms with Crippen molar-refractivity contribution in [3.05, 3.63) is 29.3 Å². The molecule has 3 heteroatoms. The lowest BCUT2D eigenvalue weighted by molar-refractivity contribution is 0.266. The van der Waals surface area contributed by atoms with Crippen LogP contribution < -0.4 is 4.90 Å². The third kappa shape index (κ3) is 2.65. The van der Waals surface area contributed by atoms with Gasteiger partial charge >= 0.3 is 0 Å². The molecule has 1 heterocycles. The summed E-state index contributed by atoms with van der Waals surface area (Å²) >= 11 is 5.91. The monoisotopic (exact) mass is 266 g/mol. The van der Waals surface area contributed by atoms with Crippen LogP contribution in [0, 0.1) is 12.8 Å². The minimum Gasteiger partial charge on any atom is -0.370 e. The largest absolute Gasteiger partial charge is 0.370 e. The van der Waals surface area contributed by atoms with Crippen molar-refractivity contribution in [2.45, 2.75) is 25.8 Å². The number of nitrogens with zero attached hydrogens (tertiary/aromatic N) is 2. The zero-order chi connectivity index (χ0) is 13.3. The summed E-state index contributed by atoms with van der Waals surface area (Å²) in [6.07, 6.45) is 0. The van der Waals surface area contributed by atoms with Gasteiger partial charge in [0.15, 0.2) is 0 Å². The lowest BCUT2D eigenvalue weighted by Gasteiger charge is -2.23. The number of likely N-dealkylation sites (N-methyl/N-ethyl adjacent to an activating group) is 1. The molecule has 2 atom stereocenters. The van der Waals surface area contributed by atoms with E-state index in [0.29, 0.717) is 17.8 Å². The van der Waals surface area contributed by atoms with Crippen molar-refractivity contribution >= 4 is 17.3 Å². The average Bonchev–Trinajstić information content (AvgIpc) is 2.71. The van der Waals surface area contributed by atoms with Gasteiger partial charge in [-0.2, -0.15) is 0 Å². The molecule has 0 bridgehead atoms. The summed E-state index contributed by atoms with van der Waals surface area (Å²) in [7, 11) is 4.35. The molecule has 0 spiro atoms. The van der Waals surface area contributed by atoms with Gasteiger partial charge in [0, 0.05) is 30.7 Å². The van der Waals surface area contributed by atoms with Crippen LogP contribution in [-0.4, -0.2) is 38.1 Å². The van der Waals surface area contributed by atoms with Crippen molar-refractivity contribution in [3.63, 3.8) is 0 Å². The van der Waals surface area contributed by atoms with Gasteiger partial charge in [0.25, 0.3) is 0 Å². The third-order valence-corrected chi connectivity index (χ3v) is 4.36. The van der Waals surface area contributed by atoms with Gasteiger partial charge in [-0.15, -0.1) is 11.6 Å². The van der Waals surface area contributed by atoms with Crippen LogP contribution in [0.3, 0.4) is 0 Å². The minimum atomic E-state index is 0.600. The number of hydrogen-bond donors (Lipinski definition) is 0. The van der Waals surface area contributed by atoms with Crippen molar-refractivity contribution in [1.29, 1.82) is 0 Å².